The third-order valence-corrected chi connectivity index (χ3v) is 3.16. The van der Waals surface area contributed by atoms with Gasteiger partial charge in [-0.3, -0.25) is 4.68 Å². The first-order valence-electron chi connectivity index (χ1n) is 7.11. The van der Waals surface area contributed by atoms with E-state index in [1.807, 2.05) is 12.4 Å². The minimum Gasteiger partial charge on any atom is -0.394 e. The van der Waals surface area contributed by atoms with E-state index in [2.05, 4.69) is 24.3 Å². The molecule has 1 heterocycles. The van der Waals surface area contributed by atoms with Gasteiger partial charge in [-0.15, -0.1) is 0 Å². The number of unbranched alkanes of at least 4 members (excludes halogenated alkanes) is 3. The Labute approximate surface area is 110 Å². The van der Waals surface area contributed by atoms with E-state index < -0.39 is 0 Å². The van der Waals surface area contributed by atoms with Crippen molar-refractivity contribution in [2.45, 2.75) is 65.1 Å². The van der Waals surface area contributed by atoms with Crippen LogP contribution >= 0.6 is 0 Å². The van der Waals surface area contributed by atoms with E-state index in [9.17, 15) is 0 Å². The molecule has 0 radical (unpaired) electrons. The summed E-state index contributed by atoms with van der Waals surface area (Å²) in [7, 11) is 0. The van der Waals surface area contributed by atoms with Gasteiger partial charge >= 0.3 is 0 Å². The number of hydrogen-bond donors (Lipinski definition) is 2. The predicted molar refractivity (Wildman–Crippen MR) is 74.4 cm³/mol. The van der Waals surface area contributed by atoms with Gasteiger partial charge in [-0.25, -0.2) is 0 Å². The lowest BCUT2D eigenvalue weighted by atomic mass is 10.1. The Morgan fingerprint density at radius 1 is 1.39 bits per heavy atom. The van der Waals surface area contributed by atoms with E-state index >= 15 is 0 Å². The van der Waals surface area contributed by atoms with Crippen molar-refractivity contribution in [2.24, 2.45) is 0 Å². The molecule has 0 aliphatic rings. The molecule has 104 valence electrons. The first-order chi connectivity index (χ1) is 8.76. The maximum Gasteiger partial charge on any atom is 0.0640 e. The molecule has 18 heavy (non-hydrogen) atoms. The molecule has 0 fully saturated rings. The zero-order valence-corrected chi connectivity index (χ0v) is 11.7. The van der Waals surface area contributed by atoms with E-state index in [1.54, 1.807) is 4.68 Å². The quantitative estimate of drug-likeness (QED) is 0.629. The van der Waals surface area contributed by atoms with Crippen LogP contribution in [0.15, 0.2) is 12.4 Å². The van der Waals surface area contributed by atoms with Crippen molar-refractivity contribution in [1.29, 1.82) is 0 Å². The Kier molecular flexibility index (Phi) is 7.69. The van der Waals surface area contributed by atoms with Gasteiger partial charge in [0, 0.05) is 24.3 Å². The molecule has 0 saturated carbocycles. The third-order valence-electron chi connectivity index (χ3n) is 3.16. The van der Waals surface area contributed by atoms with Gasteiger partial charge in [0.15, 0.2) is 0 Å². The summed E-state index contributed by atoms with van der Waals surface area (Å²) in [6.45, 7) is 6.06. The summed E-state index contributed by atoms with van der Waals surface area (Å²) in [6, 6.07) is 0.558. The van der Waals surface area contributed by atoms with E-state index in [0.29, 0.717) is 12.6 Å². The van der Waals surface area contributed by atoms with Crippen LogP contribution in [0.1, 0.15) is 51.5 Å². The lowest BCUT2D eigenvalue weighted by Gasteiger charge is -2.12. The molecule has 1 aromatic heterocycles. The van der Waals surface area contributed by atoms with Crippen molar-refractivity contribution in [2.75, 3.05) is 6.61 Å². The van der Waals surface area contributed by atoms with E-state index in [1.165, 1.54) is 37.7 Å². The van der Waals surface area contributed by atoms with Crippen LogP contribution in [0.4, 0.5) is 0 Å². The summed E-state index contributed by atoms with van der Waals surface area (Å²) in [4.78, 5) is 0. The molecule has 0 spiro atoms. The van der Waals surface area contributed by atoms with Gasteiger partial charge in [0.25, 0.3) is 0 Å². The number of nitrogens with one attached hydrogen (secondary N) is 1. The maximum absolute atomic E-state index is 8.81. The highest BCUT2D eigenvalue weighted by atomic mass is 16.3. The largest absolute Gasteiger partial charge is 0.394 e. The molecule has 4 nitrogen and oxygen atoms in total. The molecule has 2 N–H and O–H groups in total. The second-order valence-corrected chi connectivity index (χ2v) is 4.97. The SMILES string of the molecule is CCCCCCC(C)NCc1cnn(CCO)c1. The lowest BCUT2D eigenvalue weighted by molar-refractivity contribution is 0.269. The zero-order valence-electron chi connectivity index (χ0n) is 11.7. The highest BCUT2D eigenvalue weighted by Crippen LogP contribution is 2.06. The molecule has 0 aliphatic carbocycles. The number of aromatic nitrogens is 2. The molecule has 0 aromatic carbocycles. The second kappa shape index (κ2) is 9.11. The number of nitrogens with zero attached hydrogens (tertiary/aromatic N) is 2. The fraction of sp³-hybridized carbons (Fsp3) is 0.786. The monoisotopic (exact) mass is 253 g/mol. The standard InChI is InChI=1S/C14H27N3O/c1-3-4-5-6-7-13(2)15-10-14-11-16-17(12-14)8-9-18/h11-13,15,18H,3-10H2,1-2H3. The highest BCUT2D eigenvalue weighted by Gasteiger charge is 2.03. The molecule has 4 heteroatoms. The van der Waals surface area contributed by atoms with Gasteiger partial charge in [0.05, 0.1) is 19.3 Å². The van der Waals surface area contributed by atoms with Crippen molar-refractivity contribution in [1.82, 2.24) is 15.1 Å². The van der Waals surface area contributed by atoms with E-state index in [4.69, 9.17) is 5.11 Å². The first-order valence-corrected chi connectivity index (χ1v) is 7.11. The molecule has 0 saturated heterocycles. The smallest absolute Gasteiger partial charge is 0.0640 e. The summed E-state index contributed by atoms with van der Waals surface area (Å²) in [5.41, 5.74) is 1.18. The van der Waals surface area contributed by atoms with Crippen LogP contribution in [0.3, 0.4) is 0 Å². The Hall–Kier alpha value is -0.870. The van der Waals surface area contributed by atoms with Gasteiger partial charge in [-0.1, -0.05) is 32.6 Å². The predicted octanol–water partition coefficient (Wildman–Crippen LogP) is 2.32. The summed E-state index contributed by atoms with van der Waals surface area (Å²) >= 11 is 0. The van der Waals surface area contributed by atoms with E-state index in [-0.39, 0.29) is 6.61 Å². The second-order valence-electron chi connectivity index (χ2n) is 4.97. The van der Waals surface area contributed by atoms with Gasteiger partial charge in [-0.05, 0) is 13.3 Å². The Morgan fingerprint density at radius 2 is 2.22 bits per heavy atom. The Morgan fingerprint density at radius 3 is 2.94 bits per heavy atom. The normalized spacial score (nSPS) is 12.8. The zero-order chi connectivity index (χ0) is 13.2. The average Bonchev–Trinajstić information content (AvgIpc) is 2.80. The third kappa shape index (κ3) is 6.17. The van der Waals surface area contributed by atoms with Gasteiger partial charge in [-0.2, -0.15) is 5.10 Å². The fourth-order valence-electron chi connectivity index (χ4n) is 1.99. The molecule has 1 atom stereocenters. The van der Waals surface area contributed by atoms with Crippen molar-refractivity contribution in [3.05, 3.63) is 18.0 Å². The molecular weight excluding hydrogens is 226 g/mol. The van der Waals surface area contributed by atoms with Crippen LogP contribution in [0.25, 0.3) is 0 Å². The van der Waals surface area contributed by atoms with Crippen LogP contribution in [-0.2, 0) is 13.1 Å². The molecule has 0 bridgehead atoms. The molecule has 1 rings (SSSR count). The Bertz CT molecular complexity index is 312. The van der Waals surface area contributed by atoms with Gasteiger partial charge in [0.2, 0.25) is 0 Å². The first kappa shape index (κ1) is 15.2. The Balaban J connectivity index is 2.14. The number of rotatable bonds is 10. The topological polar surface area (TPSA) is 50.1 Å². The number of aliphatic hydroxyl groups excluding tert-OH is 1. The van der Waals surface area contributed by atoms with Crippen molar-refractivity contribution in [3.8, 4) is 0 Å². The maximum atomic E-state index is 8.81. The van der Waals surface area contributed by atoms with Crippen LogP contribution < -0.4 is 5.32 Å². The van der Waals surface area contributed by atoms with Crippen LogP contribution in [0.5, 0.6) is 0 Å². The van der Waals surface area contributed by atoms with Crippen LogP contribution in [0.2, 0.25) is 0 Å². The van der Waals surface area contributed by atoms with E-state index in [0.717, 1.165) is 6.54 Å². The van der Waals surface area contributed by atoms with Crippen LogP contribution in [-0.4, -0.2) is 27.5 Å². The van der Waals surface area contributed by atoms with Crippen molar-refractivity contribution >= 4 is 0 Å². The van der Waals surface area contributed by atoms with Gasteiger partial charge in [0.1, 0.15) is 0 Å². The number of hydrogen-bond acceptors (Lipinski definition) is 3. The minimum atomic E-state index is 0.141. The average molecular weight is 253 g/mol. The van der Waals surface area contributed by atoms with Crippen molar-refractivity contribution < 1.29 is 5.11 Å². The highest BCUT2D eigenvalue weighted by molar-refractivity contribution is 5.03. The van der Waals surface area contributed by atoms with Gasteiger partial charge < -0.3 is 10.4 Å². The van der Waals surface area contributed by atoms with Crippen LogP contribution in [0, 0.1) is 0 Å². The number of aliphatic hydroxyl groups is 1. The summed E-state index contributed by atoms with van der Waals surface area (Å²) in [6.07, 6.45) is 10.4. The van der Waals surface area contributed by atoms with Crippen molar-refractivity contribution in [3.63, 3.8) is 0 Å². The lowest BCUT2D eigenvalue weighted by Crippen LogP contribution is -2.25. The summed E-state index contributed by atoms with van der Waals surface area (Å²) < 4.78 is 1.78. The molecule has 0 amide bonds. The fourth-order valence-corrected chi connectivity index (χ4v) is 1.99. The molecule has 1 aromatic rings. The summed E-state index contributed by atoms with van der Waals surface area (Å²) in [5, 5.41) is 16.5. The summed E-state index contributed by atoms with van der Waals surface area (Å²) in [5.74, 6) is 0. The minimum absolute atomic E-state index is 0.141. The molecular formula is C14H27N3O. The molecule has 0 aliphatic heterocycles. The molecule has 1 unspecified atom stereocenters.